The normalized spacial score (nSPS) is 15.2. The Balaban J connectivity index is 2.06. The van der Waals surface area contributed by atoms with Gasteiger partial charge < -0.3 is 14.8 Å². The van der Waals surface area contributed by atoms with Gasteiger partial charge in [0.2, 0.25) is 5.91 Å². The number of carbonyl (C=O) groups excluding carboxylic acids is 3. The Bertz CT molecular complexity index is 636. The number of amides is 3. The summed E-state index contributed by atoms with van der Waals surface area (Å²) < 4.78 is 9.87. The summed E-state index contributed by atoms with van der Waals surface area (Å²) in [5.74, 6) is -0.319. The maximum atomic E-state index is 12.0. The average Bonchev–Trinajstić information content (AvgIpc) is 2.89. The molecule has 0 aromatic heterocycles. The van der Waals surface area contributed by atoms with E-state index < -0.39 is 18.0 Å². The predicted octanol–water partition coefficient (Wildman–Crippen LogP) is 0.704. The molecular weight excluding hydrogens is 338 g/mol. The number of carbonyl (C=O) groups is 3. The van der Waals surface area contributed by atoms with Crippen LogP contribution in [0.1, 0.15) is 11.6 Å². The minimum atomic E-state index is -0.779. The molecule has 1 aliphatic heterocycles. The van der Waals surface area contributed by atoms with Crippen molar-refractivity contribution in [3.05, 3.63) is 28.8 Å². The molecule has 9 heteroatoms. The largest absolute Gasteiger partial charge is 0.495 e. The first-order chi connectivity index (χ1) is 11.5. The minimum absolute atomic E-state index is 0.00660. The molecule has 0 saturated carbocycles. The van der Waals surface area contributed by atoms with Gasteiger partial charge in [0.25, 0.3) is 0 Å². The van der Waals surface area contributed by atoms with Gasteiger partial charge in [-0.1, -0.05) is 17.7 Å². The molecule has 0 bridgehead atoms. The number of rotatable bonds is 7. The highest BCUT2D eigenvalue weighted by atomic mass is 35.5. The van der Waals surface area contributed by atoms with E-state index in [9.17, 15) is 14.4 Å². The van der Waals surface area contributed by atoms with Crippen molar-refractivity contribution in [2.24, 2.45) is 0 Å². The van der Waals surface area contributed by atoms with E-state index in [1.165, 1.54) is 14.2 Å². The molecule has 1 atom stereocenters. The fourth-order valence-electron chi connectivity index (χ4n) is 2.32. The van der Waals surface area contributed by atoms with Crippen LogP contribution in [0.2, 0.25) is 5.02 Å². The van der Waals surface area contributed by atoms with Crippen LogP contribution in [-0.4, -0.2) is 56.7 Å². The van der Waals surface area contributed by atoms with E-state index in [-0.39, 0.29) is 25.5 Å². The van der Waals surface area contributed by atoms with Crippen molar-refractivity contribution in [2.75, 3.05) is 33.9 Å². The van der Waals surface area contributed by atoms with Gasteiger partial charge in [-0.25, -0.2) is 9.59 Å². The number of imide groups is 1. The number of nitrogens with one attached hydrogen (secondary N) is 2. The molecule has 3 amide bonds. The number of methoxy groups -OCH3 is 2. The fourth-order valence-corrected chi connectivity index (χ4v) is 2.59. The zero-order chi connectivity index (χ0) is 17.7. The highest BCUT2D eigenvalue weighted by Gasteiger charge is 2.29. The van der Waals surface area contributed by atoms with Crippen molar-refractivity contribution >= 4 is 29.5 Å². The SMILES string of the molecule is COC(=O)[C@@H](NCCN1C(=O)CNC1=O)c1ccc(OC)c(Cl)c1. The molecule has 130 valence electrons. The molecule has 1 aromatic carbocycles. The van der Waals surface area contributed by atoms with E-state index in [1.807, 2.05) is 0 Å². The monoisotopic (exact) mass is 355 g/mol. The van der Waals surface area contributed by atoms with E-state index in [1.54, 1.807) is 18.2 Å². The Morgan fingerprint density at radius 2 is 2.17 bits per heavy atom. The lowest BCUT2D eigenvalue weighted by Crippen LogP contribution is -2.39. The first kappa shape index (κ1) is 18.0. The number of hydrogen-bond acceptors (Lipinski definition) is 6. The molecule has 1 aromatic rings. The molecule has 1 fully saturated rings. The summed E-state index contributed by atoms with van der Waals surface area (Å²) in [4.78, 5) is 36.1. The smallest absolute Gasteiger partial charge is 0.327 e. The number of esters is 1. The number of halogens is 1. The molecule has 8 nitrogen and oxygen atoms in total. The maximum absolute atomic E-state index is 12.0. The van der Waals surface area contributed by atoms with E-state index >= 15 is 0 Å². The minimum Gasteiger partial charge on any atom is -0.495 e. The Morgan fingerprint density at radius 3 is 2.71 bits per heavy atom. The van der Waals surface area contributed by atoms with Crippen LogP contribution in [0.25, 0.3) is 0 Å². The lowest BCUT2D eigenvalue weighted by atomic mass is 10.1. The van der Waals surface area contributed by atoms with Crippen LogP contribution >= 0.6 is 11.6 Å². The van der Waals surface area contributed by atoms with Crippen molar-refractivity contribution < 1.29 is 23.9 Å². The summed E-state index contributed by atoms with van der Waals surface area (Å²) in [6.45, 7) is 0.359. The molecule has 0 unspecified atom stereocenters. The van der Waals surface area contributed by atoms with Gasteiger partial charge >= 0.3 is 12.0 Å². The van der Waals surface area contributed by atoms with E-state index in [0.29, 0.717) is 16.3 Å². The molecule has 2 N–H and O–H groups in total. The second-order valence-electron chi connectivity index (χ2n) is 5.01. The van der Waals surface area contributed by atoms with Crippen molar-refractivity contribution in [2.45, 2.75) is 6.04 Å². The number of nitrogens with zero attached hydrogens (tertiary/aromatic N) is 1. The van der Waals surface area contributed by atoms with Gasteiger partial charge in [0.05, 0.1) is 25.8 Å². The van der Waals surface area contributed by atoms with Crippen molar-refractivity contribution in [3.8, 4) is 5.75 Å². The molecule has 2 rings (SSSR count). The first-order valence-corrected chi connectivity index (χ1v) is 7.58. The van der Waals surface area contributed by atoms with Crippen LogP contribution in [-0.2, 0) is 14.3 Å². The zero-order valence-corrected chi connectivity index (χ0v) is 14.1. The summed E-state index contributed by atoms with van der Waals surface area (Å²) in [5, 5.41) is 5.76. The summed E-state index contributed by atoms with van der Waals surface area (Å²) in [6, 6.07) is 3.71. The van der Waals surface area contributed by atoms with Gasteiger partial charge in [-0.3, -0.25) is 15.0 Å². The van der Waals surface area contributed by atoms with Crippen molar-refractivity contribution in [1.82, 2.24) is 15.5 Å². The second kappa shape index (κ2) is 7.98. The zero-order valence-electron chi connectivity index (χ0n) is 13.3. The number of hydrogen-bond donors (Lipinski definition) is 2. The van der Waals surface area contributed by atoms with E-state index in [0.717, 1.165) is 4.90 Å². The summed E-state index contributed by atoms with van der Waals surface area (Å²) in [5.41, 5.74) is 0.588. The summed E-state index contributed by atoms with van der Waals surface area (Å²) >= 11 is 6.09. The molecule has 0 spiro atoms. The Hall–Kier alpha value is -2.32. The van der Waals surface area contributed by atoms with E-state index in [4.69, 9.17) is 21.1 Å². The molecular formula is C15H18ClN3O5. The van der Waals surface area contributed by atoms with Crippen LogP contribution in [0.5, 0.6) is 5.75 Å². The summed E-state index contributed by atoms with van der Waals surface area (Å²) in [6.07, 6.45) is 0. The Kier molecular flexibility index (Phi) is 5.99. The average molecular weight is 356 g/mol. The van der Waals surface area contributed by atoms with Crippen molar-refractivity contribution in [3.63, 3.8) is 0 Å². The molecule has 1 aliphatic rings. The number of ether oxygens (including phenoxy) is 2. The second-order valence-corrected chi connectivity index (χ2v) is 5.42. The molecule has 24 heavy (non-hydrogen) atoms. The van der Waals surface area contributed by atoms with Crippen LogP contribution in [0.3, 0.4) is 0 Å². The van der Waals surface area contributed by atoms with Gasteiger partial charge in [-0.05, 0) is 17.7 Å². The predicted molar refractivity (Wildman–Crippen MR) is 85.9 cm³/mol. The molecule has 0 aliphatic carbocycles. The summed E-state index contributed by atoms with van der Waals surface area (Å²) in [7, 11) is 2.77. The third kappa shape index (κ3) is 3.95. The van der Waals surface area contributed by atoms with Gasteiger partial charge in [0, 0.05) is 13.1 Å². The third-order valence-corrected chi connectivity index (χ3v) is 3.86. The Labute approximate surface area is 144 Å². The topological polar surface area (TPSA) is 97.0 Å². The van der Waals surface area contributed by atoms with Crippen LogP contribution in [0, 0.1) is 0 Å². The Morgan fingerprint density at radius 1 is 1.42 bits per heavy atom. The maximum Gasteiger partial charge on any atom is 0.327 e. The highest BCUT2D eigenvalue weighted by molar-refractivity contribution is 6.32. The number of benzene rings is 1. The lowest BCUT2D eigenvalue weighted by Gasteiger charge is -2.19. The quantitative estimate of drug-likeness (QED) is 0.552. The highest BCUT2D eigenvalue weighted by Crippen LogP contribution is 2.28. The molecule has 1 saturated heterocycles. The van der Waals surface area contributed by atoms with Crippen molar-refractivity contribution in [1.29, 1.82) is 0 Å². The van der Waals surface area contributed by atoms with Crippen LogP contribution in [0.15, 0.2) is 18.2 Å². The van der Waals surface area contributed by atoms with Gasteiger partial charge in [0.1, 0.15) is 11.8 Å². The van der Waals surface area contributed by atoms with Crippen LogP contribution in [0.4, 0.5) is 4.79 Å². The number of urea groups is 1. The molecule has 0 radical (unpaired) electrons. The third-order valence-electron chi connectivity index (χ3n) is 3.57. The van der Waals surface area contributed by atoms with Gasteiger partial charge in [-0.2, -0.15) is 0 Å². The van der Waals surface area contributed by atoms with E-state index in [2.05, 4.69) is 10.6 Å². The fraction of sp³-hybridized carbons (Fsp3) is 0.400. The lowest BCUT2D eigenvalue weighted by molar-refractivity contribution is -0.143. The van der Waals surface area contributed by atoms with Gasteiger partial charge in [-0.15, -0.1) is 0 Å². The van der Waals surface area contributed by atoms with Crippen LogP contribution < -0.4 is 15.4 Å². The molecule has 1 heterocycles. The first-order valence-electron chi connectivity index (χ1n) is 7.20. The van der Waals surface area contributed by atoms with Gasteiger partial charge in [0.15, 0.2) is 0 Å². The standard InChI is InChI=1S/C15H18ClN3O5/c1-23-11-4-3-9(7-10(11)16)13(14(21)24-2)17-5-6-19-12(20)8-18-15(19)22/h3-4,7,13,17H,5-6,8H2,1-2H3,(H,18,22)/t13-/m0/s1.